The predicted molar refractivity (Wildman–Crippen MR) is 90.2 cm³/mol. The monoisotopic (exact) mass is 321 g/mol. The summed E-state index contributed by atoms with van der Waals surface area (Å²) >= 11 is 1.68. The van der Waals surface area contributed by atoms with Crippen LogP contribution in [-0.4, -0.2) is 29.5 Å². The van der Waals surface area contributed by atoms with Gasteiger partial charge in [0.1, 0.15) is 0 Å². The molecule has 2 N–H and O–H groups in total. The largest absolute Gasteiger partial charge is 0.355 e. The van der Waals surface area contributed by atoms with Gasteiger partial charge in [0.2, 0.25) is 0 Å². The highest BCUT2D eigenvalue weighted by Crippen LogP contribution is 2.05. The van der Waals surface area contributed by atoms with E-state index in [2.05, 4.69) is 32.5 Å². The summed E-state index contributed by atoms with van der Waals surface area (Å²) in [5.74, 6) is 1.29. The van der Waals surface area contributed by atoms with Crippen molar-refractivity contribution in [2.24, 2.45) is 4.99 Å². The Morgan fingerprint density at radius 2 is 2.05 bits per heavy atom. The lowest BCUT2D eigenvalue weighted by molar-refractivity contribution is 0.681. The van der Waals surface area contributed by atoms with Gasteiger partial charge in [-0.3, -0.25) is 9.20 Å². The topological polar surface area (TPSA) is 53.5 Å². The molecule has 6 heteroatoms. The number of nitrogens with one attached hydrogen (secondary N) is 2. The van der Waals surface area contributed by atoms with Crippen LogP contribution < -0.4 is 10.6 Å². The first kappa shape index (κ1) is 15.7. The number of aliphatic imine (C=N–C) groups is 1. The van der Waals surface area contributed by atoms with Gasteiger partial charge in [0.15, 0.2) is 5.96 Å². The molecule has 1 heterocycles. The molecule has 112 valence electrons. The molecule has 0 saturated carbocycles. The maximum atomic E-state index is 12.1. The standard InChI is InChI=1S/C15H19N3OS2/c1-16-15(18-11-13-7-9-20-12-13)17-8-10-21(19)14-5-3-2-4-6-14/h2-7,9,12H,8,10-11H2,1H3,(H2,16,17,18). The first-order valence-electron chi connectivity index (χ1n) is 6.68. The van der Waals surface area contributed by atoms with Crippen LogP contribution in [0.4, 0.5) is 0 Å². The van der Waals surface area contributed by atoms with Crippen molar-refractivity contribution in [1.29, 1.82) is 0 Å². The molecule has 0 aliphatic rings. The van der Waals surface area contributed by atoms with Gasteiger partial charge in [0, 0.05) is 30.8 Å². The molecule has 1 aromatic carbocycles. The van der Waals surface area contributed by atoms with Crippen molar-refractivity contribution in [3.8, 4) is 0 Å². The fraction of sp³-hybridized carbons (Fsp3) is 0.267. The molecular weight excluding hydrogens is 302 g/mol. The molecule has 0 amide bonds. The van der Waals surface area contributed by atoms with Crippen LogP contribution in [0, 0.1) is 0 Å². The van der Waals surface area contributed by atoms with Crippen LogP contribution in [0.2, 0.25) is 0 Å². The second kappa shape index (κ2) is 8.59. The van der Waals surface area contributed by atoms with Crippen molar-refractivity contribution in [1.82, 2.24) is 10.6 Å². The predicted octanol–water partition coefficient (Wildman–Crippen LogP) is 2.22. The van der Waals surface area contributed by atoms with E-state index in [4.69, 9.17) is 0 Å². The van der Waals surface area contributed by atoms with Gasteiger partial charge in [-0.05, 0) is 34.5 Å². The highest BCUT2D eigenvalue weighted by atomic mass is 32.2. The number of hydrogen-bond acceptors (Lipinski definition) is 3. The minimum atomic E-state index is -0.979. The number of guanidine groups is 1. The maximum Gasteiger partial charge on any atom is 0.191 e. The highest BCUT2D eigenvalue weighted by Gasteiger charge is 2.03. The van der Waals surface area contributed by atoms with E-state index < -0.39 is 10.8 Å². The summed E-state index contributed by atoms with van der Waals surface area (Å²) in [7, 11) is 0.754. The Morgan fingerprint density at radius 3 is 2.71 bits per heavy atom. The van der Waals surface area contributed by atoms with Crippen LogP contribution in [0.15, 0.2) is 57.0 Å². The molecule has 1 aromatic heterocycles. The Balaban J connectivity index is 1.72. The van der Waals surface area contributed by atoms with Gasteiger partial charge in [-0.25, -0.2) is 0 Å². The molecule has 0 radical (unpaired) electrons. The fourth-order valence-corrected chi connectivity index (χ4v) is 3.40. The van der Waals surface area contributed by atoms with Gasteiger partial charge in [-0.2, -0.15) is 11.3 Å². The lowest BCUT2D eigenvalue weighted by Gasteiger charge is -2.11. The minimum Gasteiger partial charge on any atom is -0.355 e. The van der Waals surface area contributed by atoms with Gasteiger partial charge in [0.25, 0.3) is 0 Å². The molecule has 0 aliphatic heterocycles. The summed E-state index contributed by atoms with van der Waals surface area (Å²) in [6.07, 6.45) is 0. The molecule has 0 saturated heterocycles. The van der Waals surface area contributed by atoms with E-state index in [1.54, 1.807) is 18.4 Å². The van der Waals surface area contributed by atoms with E-state index >= 15 is 0 Å². The normalized spacial score (nSPS) is 12.9. The highest BCUT2D eigenvalue weighted by molar-refractivity contribution is 7.85. The zero-order valence-corrected chi connectivity index (χ0v) is 13.5. The van der Waals surface area contributed by atoms with E-state index in [-0.39, 0.29) is 0 Å². The molecule has 4 nitrogen and oxygen atoms in total. The van der Waals surface area contributed by atoms with Crippen molar-refractivity contribution in [2.75, 3.05) is 19.3 Å². The number of rotatable bonds is 6. The molecule has 21 heavy (non-hydrogen) atoms. The molecular formula is C15H19N3OS2. The number of benzene rings is 1. The van der Waals surface area contributed by atoms with E-state index in [0.29, 0.717) is 12.3 Å². The Kier molecular flexibility index (Phi) is 6.43. The Bertz CT molecular complexity index is 582. The summed E-state index contributed by atoms with van der Waals surface area (Å²) in [4.78, 5) is 5.02. The van der Waals surface area contributed by atoms with E-state index in [1.807, 2.05) is 30.3 Å². The Labute approximate surface area is 131 Å². The van der Waals surface area contributed by atoms with Crippen LogP contribution >= 0.6 is 11.3 Å². The lowest BCUT2D eigenvalue weighted by atomic mass is 10.3. The molecule has 1 unspecified atom stereocenters. The molecule has 2 rings (SSSR count). The van der Waals surface area contributed by atoms with Crippen molar-refractivity contribution >= 4 is 28.1 Å². The lowest BCUT2D eigenvalue weighted by Crippen LogP contribution is -2.38. The van der Waals surface area contributed by atoms with Crippen molar-refractivity contribution in [2.45, 2.75) is 11.4 Å². The van der Waals surface area contributed by atoms with Gasteiger partial charge in [0.05, 0.1) is 10.8 Å². The minimum absolute atomic E-state index is 0.559. The second-order valence-corrected chi connectivity index (χ2v) is 6.70. The third-order valence-corrected chi connectivity index (χ3v) is 4.95. The van der Waals surface area contributed by atoms with Crippen LogP contribution in [0.1, 0.15) is 5.56 Å². The van der Waals surface area contributed by atoms with Gasteiger partial charge >= 0.3 is 0 Å². The van der Waals surface area contributed by atoms with Crippen LogP contribution in [0.25, 0.3) is 0 Å². The first-order chi connectivity index (χ1) is 10.3. The van der Waals surface area contributed by atoms with Crippen molar-refractivity contribution < 1.29 is 4.21 Å². The van der Waals surface area contributed by atoms with E-state index in [0.717, 1.165) is 17.4 Å². The van der Waals surface area contributed by atoms with E-state index in [1.165, 1.54) is 5.56 Å². The average molecular weight is 321 g/mol. The number of thiophene rings is 1. The Morgan fingerprint density at radius 1 is 1.24 bits per heavy atom. The van der Waals surface area contributed by atoms with Gasteiger partial charge < -0.3 is 10.6 Å². The molecule has 2 aromatic rings. The third-order valence-electron chi connectivity index (χ3n) is 2.85. The quantitative estimate of drug-likeness (QED) is 0.634. The Hall–Kier alpha value is -1.66. The number of nitrogens with zero attached hydrogens (tertiary/aromatic N) is 1. The zero-order valence-electron chi connectivity index (χ0n) is 11.9. The summed E-state index contributed by atoms with van der Waals surface area (Å²) in [6.45, 7) is 1.36. The smallest absolute Gasteiger partial charge is 0.191 e. The molecule has 0 spiro atoms. The van der Waals surface area contributed by atoms with E-state index in [9.17, 15) is 4.21 Å². The van der Waals surface area contributed by atoms with Crippen LogP contribution in [0.5, 0.6) is 0 Å². The first-order valence-corrected chi connectivity index (χ1v) is 8.95. The number of hydrogen-bond donors (Lipinski definition) is 2. The van der Waals surface area contributed by atoms with Crippen LogP contribution in [0.3, 0.4) is 0 Å². The van der Waals surface area contributed by atoms with Crippen LogP contribution in [-0.2, 0) is 17.3 Å². The summed E-state index contributed by atoms with van der Waals surface area (Å²) in [6, 6.07) is 11.6. The maximum absolute atomic E-state index is 12.1. The second-order valence-electron chi connectivity index (χ2n) is 4.35. The SMILES string of the molecule is CN=C(NCCS(=O)c1ccccc1)NCc1ccsc1. The molecule has 0 aliphatic carbocycles. The average Bonchev–Trinajstić information content (AvgIpc) is 3.04. The van der Waals surface area contributed by atoms with Gasteiger partial charge in [-0.15, -0.1) is 0 Å². The van der Waals surface area contributed by atoms with Crippen molar-refractivity contribution in [3.05, 3.63) is 52.7 Å². The summed E-state index contributed by atoms with van der Waals surface area (Å²) < 4.78 is 12.1. The molecule has 1 atom stereocenters. The fourth-order valence-electron chi connectivity index (χ4n) is 1.75. The summed E-state index contributed by atoms with van der Waals surface area (Å²) in [5, 5.41) is 10.6. The summed E-state index contributed by atoms with van der Waals surface area (Å²) in [5.41, 5.74) is 1.23. The van der Waals surface area contributed by atoms with Gasteiger partial charge in [-0.1, -0.05) is 18.2 Å². The van der Waals surface area contributed by atoms with Crippen molar-refractivity contribution in [3.63, 3.8) is 0 Å². The molecule has 0 fully saturated rings. The zero-order chi connectivity index (χ0) is 14.9. The third kappa shape index (κ3) is 5.32. The molecule has 0 bridgehead atoms.